The van der Waals surface area contributed by atoms with Crippen LogP contribution in [0.15, 0.2) is 30.7 Å². The van der Waals surface area contributed by atoms with Crippen LogP contribution in [-0.2, 0) is 6.54 Å². The first kappa shape index (κ1) is 10.7. The molecule has 4 nitrogen and oxygen atoms in total. The topological polar surface area (TPSA) is 56.7 Å². The Morgan fingerprint density at radius 3 is 2.88 bits per heavy atom. The zero-order valence-corrected chi connectivity index (χ0v) is 9.59. The number of hydrogen-bond donors (Lipinski definition) is 1. The van der Waals surface area contributed by atoms with Crippen molar-refractivity contribution in [2.24, 2.45) is 5.92 Å². The quantitative estimate of drug-likeness (QED) is 0.855. The molecule has 0 spiro atoms. The minimum Gasteiger partial charge on any atom is -0.384 e. The molecule has 0 atom stereocenters. The molecule has 0 unspecified atom stereocenters. The maximum Gasteiger partial charge on any atom is 0.123 e. The van der Waals surface area contributed by atoms with E-state index in [0.29, 0.717) is 11.7 Å². The van der Waals surface area contributed by atoms with Crippen LogP contribution in [0.5, 0.6) is 0 Å². The molecule has 2 N–H and O–H groups in total. The minimum absolute atomic E-state index is 0.536. The average molecular weight is 216 g/mol. The molecule has 0 aromatic carbocycles. The van der Waals surface area contributed by atoms with Crippen molar-refractivity contribution in [3.8, 4) is 11.1 Å². The molecule has 0 saturated heterocycles. The van der Waals surface area contributed by atoms with Crippen LogP contribution in [0.2, 0.25) is 0 Å². The second kappa shape index (κ2) is 4.35. The summed E-state index contributed by atoms with van der Waals surface area (Å²) in [5, 5.41) is 4.32. The Morgan fingerprint density at radius 1 is 1.38 bits per heavy atom. The molecule has 0 aliphatic heterocycles. The number of pyridine rings is 1. The van der Waals surface area contributed by atoms with Crippen LogP contribution in [0, 0.1) is 5.92 Å². The van der Waals surface area contributed by atoms with Gasteiger partial charge < -0.3 is 5.73 Å². The van der Waals surface area contributed by atoms with Gasteiger partial charge in [-0.25, -0.2) is 4.98 Å². The highest BCUT2D eigenvalue weighted by Crippen LogP contribution is 2.19. The van der Waals surface area contributed by atoms with E-state index in [2.05, 4.69) is 23.9 Å². The van der Waals surface area contributed by atoms with E-state index < -0.39 is 0 Å². The summed E-state index contributed by atoms with van der Waals surface area (Å²) in [6, 6.07) is 3.80. The minimum atomic E-state index is 0.536. The second-order valence-electron chi connectivity index (χ2n) is 4.31. The van der Waals surface area contributed by atoms with Crippen LogP contribution in [-0.4, -0.2) is 14.8 Å². The number of nitrogen functional groups attached to an aromatic ring is 1. The van der Waals surface area contributed by atoms with Crippen molar-refractivity contribution >= 4 is 5.82 Å². The van der Waals surface area contributed by atoms with Gasteiger partial charge in [0.1, 0.15) is 5.82 Å². The number of nitrogens with two attached hydrogens (primary N) is 1. The molecule has 0 bridgehead atoms. The molecule has 0 fully saturated rings. The van der Waals surface area contributed by atoms with Gasteiger partial charge in [0.15, 0.2) is 0 Å². The van der Waals surface area contributed by atoms with Crippen LogP contribution >= 0.6 is 0 Å². The van der Waals surface area contributed by atoms with Crippen molar-refractivity contribution in [1.29, 1.82) is 0 Å². The molecule has 84 valence electrons. The molecule has 16 heavy (non-hydrogen) atoms. The molecular formula is C12H16N4. The highest BCUT2D eigenvalue weighted by atomic mass is 15.3. The monoisotopic (exact) mass is 216 g/mol. The molecule has 2 aromatic rings. The van der Waals surface area contributed by atoms with Crippen LogP contribution in [0.4, 0.5) is 5.82 Å². The molecule has 0 aliphatic carbocycles. The highest BCUT2D eigenvalue weighted by Gasteiger charge is 2.03. The van der Waals surface area contributed by atoms with E-state index in [-0.39, 0.29) is 0 Å². The van der Waals surface area contributed by atoms with Gasteiger partial charge in [0.05, 0.1) is 6.20 Å². The molecule has 0 saturated carbocycles. The van der Waals surface area contributed by atoms with Crippen molar-refractivity contribution in [2.75, 3.05) is 5.73 Å². The maximum absolute atomic E-state index is 5.65. The summed E-state index contributed by atoms with van der Waals surface area (Å²) < 4.78 is 1.95. The lowest BCUT2D eigenvalue weighted by molar-refractivity contribution is 0.483. The SMILES string of the molecule is CC(C)Cn1cc(-c2ccnc(N)c2)cn1. The molecule has 0 radical (unpaired) electrons. The molecule has 0 aliphatic rings. The van der Waals surface area contributed by atoms with Crippen LogP contribution < -0.4 is 5.73 Å². The zero-order valence-electron chi connectivity index (χ0n) is 9.59. The number of aromatic nitrogens is 3. The third-order valence-electron chi connectivity index (χ3n) is 2.30. The van der Waals surface area contributed by atoms with Gasteiger partial charge in [-0.15, -0.1) is 0 Å². The lowest BCUT2D eigenvalue weighted by Crippen LogP contribution is -2.03. The third-order valence-corrected chi connectivity index (χ3v) is 2.30. The molecular weight excluding hydrogens is 200 g/mol. The third kappa shape index (κ3) is 2.39. The van der Waals surface area contributed by atoms with E-state index in [0.717, 1.165) is 17.7 Å². The van der Waals surface area contributed by atoms with E-state index in [1.165, 1.54) is 0 Å². The van der Waals surface area contributed by atoms with Gasteiger partial charge in [0, 0.05) is 24.5 Å². The van der Waals surface area contributed by atoms with E-state index in [1.54, 1.807) is 6.20 Å². The van der Waals surface area contributed by atoms with Crippen molar-refractivity contribution < 1.29 is 0 Å². The Bertz CT molecular complexity index is 473. The fraction of sp³-hybridized carbons (Fsp3) is 0.333. The van der Waals surface area contributed by atoms with E-state index in [4.69, 9.17) is 5.73 Å². The molecule has 4 heteroatoms. The van der Waals surface area contributed by atoms with E-state index in [9.17, 15) is 0 Å². The first-order valence-corrected chi connectivity index (χ1v) is 5.39. The normalized spacial score (nSPS) is 10.9. The number of rotatable bonds is 3. The van der Waals surface area contributed by atoms with Crippen LogP contribution in [0.3, 0.4) is 0 Å². The number of nitrogens with zero attached hydrogens (tertiary/aromatic N) is 3. The summed E-state index contributed by atoms with van der Waals surface area (Å²) in [6.07, 6.45) is 5.61. The first-order chi connectivity index (χ1) is 7.65. The summed E-state index contributed by atoms with van der Waals surface area (Å²) >= 11 is 0. The number of hydrogen-bond acceptors (Lipinski definition) is 3. The fourth-order valence-corrected chi connectivity index (χ4v) is 1.61. The van der Waals surface area contributed by atoms with Gasteiger partial charge in [-0.2, -0.15) is 5.10 Å². The predicted octanol–water partition coefficient (Wildman–Crippen LogP) is 2.18. The Hall–Kier alpha value is -1.84. The van der Waals surface area contributed by atoms with Crippen LogP contribution in [0.1, 0.15) is 13.8 Å². The van der Waals surface area contributed by atoms with E-state index in [1.807, 2.05) is 29.2 Å². The Kier molecular flexibility index (Phi) is 2.90. The van der Waals surface area contributed by atoms with Gasteiger partial charge in [0.2, 0.25) is 0 Å². The molecule has 2 rings (SSSR count). The van der Waals surface area contributed by atoms with Gasteiger partial charge in [-0.3, -0.25) is 4.68 Å². The summed E-state index contributed by atoms with van der Waals surface area (Å²) in [7, 11) is 0. The summed E-state index contributed by atoms with van der Waals surface area (Å²) in [5.74, 6) is 1.13. The first-order valence-electron chi connectivity index (χ1n) is 5.39. The Balaban J connectivity index is 2.24. The molecule has 0 amide bonds. The standard InChI is InChI=1S/C12H16N4/c1-9(2)7-16-8-11(6-15-16)10-3-4-14-12(13)5-10/h3-6,8-9H,7H2,1-2H3,(H2,13,14). The lowest BCUT2D eigenvalue weighted by Gasteiger charge is -2.03. The molecule has 2 heterocycles. The summed E-state index contributed by atoms with van der Waals surface area (Å²) in [5.41, 5.74) is 7.78. The van der Waals surface area contributed by atoms with Crippen molar-refractivity contribution in [2.45, 2.75) is 20.4 Å². The molecule has 2 aromatic heterocycles. The largest absolute Gasteiger partial charge is 0.384 e. The van der Waals surface area contributed by atoms with Crippen molar-refractivity contribution in [3.05, 3.63) is 30.7 Å². The Labute approximate surface area is 95.1 Å². The maximum atomic E-state index is 5.65. The number of anilines is 1. The van der Waals surface area contributed by atoms with Crippen molar-refractivity contribution in [3.63, 3.8) is 0 Å². The van der Waals surface area contributed by atoms with Crippen molar-refractivity contribution in [1.82, 2.24) is 14.8 Å². The average Bonchev–Trinajstić information content (AvgIpc) is 2.65. The Morgan fingerprint density at radius 2 is 2.19 bits per heavy atom. The van der Waals surface area contributed by atoms with Gasteiger partial charge in [0.25, 0.3) is 0 Å². The fourth-order valence-electron chi connectivity index (χ4n) is 1.61. The zero-order chi connectivity index (χ0) is 11.5. The van der Waals surface area contributed by atoms with Gasteiger partial charge in [-0.1, -0.05) is 13.8 Å². The summed E-state index contributed by atoms with van der Waals surface area (Å²) in [6.45, 7) is 5.28. The predicted molar refractivity (Wildman–Crippen MR) is 64.7 cm³/mol. The smallest absolute Gasteiger partial charge is 0.123 e. The summed E-state index contributed by atoms with van der Waals surface area (Å²) in [4.78, 5) is 3.97. The second-order valence-corrected chi connectivity index (χ2v) is 4.31. The van der Waals surface area contributed by atoms with Gasteiger partial charge in [-0.05, 0) is 23.6 Å². The highest BCUT2D eigenvalue weighted by molar-refractivity contribution is 5.64. The van der Waals surface area contributed by atoms with Crippen LogP contribution in [0.25, 0.3) is 11.1 Å². The lowest BCUT2D eigenvalue weighted by atomic mass is 10.1. The van der Waals surface area contributed by atoms with E-state index >= 15 is 0 Å². The van der Waals surface area contributed by atoms with Gasteiger partial charge >= 0.3 is 0 Å².